The van der Waals surface area contributed by atoms with E-state index in [0.717, 1.165) is 0 Å². The van der Waals surface area contributed by atoms with Gasteiger partial charge in [0.15, 0.2) is 0 Å². The van der Waals surface area contributed by atoms with E-state index in [0.29, 0.717) is 5.56 Å². The maximum atomic E-state index is 13.6. The molecule has 19 heavy (non-hydrogen) atoms. The van der Waals surface area contributed by atoms with Gasteiger partial charge in [0.25, 0.3) is 0 Å². The molecule has 0 amide bonds. The van der Waals surface area contributed by atoms with Crippen LogP contribution in [0.3, 0.4) is 0 Å². The Morgan fingerprint density at radius 2 is 2.32 bits per heavy atom. The van der Waals surface area contributed by atoms with Crippen molar-refractivity contribution in [1.82, 2.24) is 4.90 Å². The van der Waals surface area contributed by atoms with Crippen molar-refractivity contribution in [1.29, 1.82) is 5.26 Å². The first-order chi connectivity index (χ1) is 9.01. The third-order valence-corrected chi connectivity index (χ3v) is 3.21. The molecule has 5 nitrogen and oxygen atoms in total. The maximum Gasteiger partial charge on any atom is 0.321 e. The van der Waals surface area contributed by atoms with Crippen LogP contribution in [0.25, 0.3) is 0 Å². The summed E-state index contributed by atoms with van der Waals surface area (Å²) >= 11 is 0. The van der Waals surface area contributed by atoms with Gasteiger partial charge in [-0.3, -0.25) is 9.69 Å². The molecule has 1 heterocycles. The lowest BCUT2D eigenvalue weighted by Gasteiger charge is -2.21. The maximum absolute atomic E-state index is 13.6. The van der Waals surface area contributed by atoms with Gasteiger partial charge in [0.05, 0.1) is 17.7 Å². The SMILES string of the molecule is N#Cc1ccc(F)c(CN2CC(O)CC2C(=O)O)c1. The number of hydrogen-bond donors (Lipinski definition) is 2. The Kier molecular flexibility index (Phi) is 3.79. The zero-order chi connectivity index (χ0) is 14.0. The van der Waals surface area contributed by atoms with Crippen LogP contribution in [-0.4, -0.2) is 39.8 Å². The normalized spacial score (nSPS) is 23.2. The number of β-amino-alcohol motifs (C(OH)–C–C–N with tert-alkyl or cyclic N) is 1. The Hall–Kier alpha value is -1.97. The summed E-state index contributed by atoms with van der Waals surface area (Å²) in [7, 11) is 0. The molecule has 0 spiro atoms. The predicted molar refractivity (Wildman–Crippen MR) is 63.6 cm³/mol. The molecular formula is C13H13FN2O3. The highest BCUT2D eigenvalue weighted by atomic mass is 19.1. The third-order valence-electron chi connectivity index (χ3n) is 3.21. The highest BCUT2D eigenvalue weighted by Gasteiger charge is 2.36. The van der Waals surface area contributed by atoms with Gasteiger partial charge in [0.1, 0.15) is 11.9 Å². The number of hydrogen-bond acceptors (Lipinski definition) is 4. The van der Waals surface area contributed by atoms with Crippen LogP contribution in [-0.2, 0) is 11.3 Å². The molecule has 6 heteroatoms. The molecule has 1 saturated heterocycles. The molecule has 1 aliphatic heterocycles. The molecular weight excluding hydrogens is 251 g/mol. The molecule has 1 aromatic carbocycles. The average molecular weight is 264 g/mol. The highest BCUT2D eigenvalue weighted by molar-refractivity contribution is 5.74. The second-order valence-corrected chi connectivity index (χ2v) is 4.59. The summed E-state index contributed by atoms with van der Waals surface area (Å²) in [5.41, 5.74) is 0.586. The minimum atomic E-state index is -1.03. The molecule has 2 unspecified atom stereocenters. The number of aliphatic hydroxyl groups excluding tert-OH is 1. The monoisotopic (exact) mass is 264 g/mol. The molecule has 1 aromatic rings. The highest BCUT2D eigenvalue weighted by Crippen LogP contribution is 2.22. The summed E-state index contributed by atoms with van der Waals surface area (Å²) in [6.45, 7) is 0.253. The van der Waals surface area contributed by atoms with Crippen molar-refractivity contribution >= 4 is 5.97 Å². The number of carboxylic acids is 1. The van der Waals surface area contributed by atoms with E-state index in [9.17, 15) is 14.3 Å². The lowest BCUT2D eigenvalue weighted by Crippen LogP contribution is -2.35. The van der Waals surface area contributed by atoms with Crippen LogP contribution in [0.5, 0.6) is 0 Å². The van der Waals surface area contributed by atoms with E-state index in [2.05, 4.69) is 0 Å². The number of halogens is 1. The second-order valence-electron chi connectivity index (χ2n) is 4.59. The van der Waals surface area contributed by atoms with E-state index < -0.39 is 23.9 Å². The molecule has 2 N–H and O–H groups in total. The van der Waals surface area contributed by atoms with E-state index in [1.165, 1.54) is 23.1 Å². The Labute approximate surface area is 109 Å². The second kappa shape index (κ2) is 5.34. The van der Waals surface area contributed by atoms with Crippen LogP contribution in [0.2, 0.25) is 0 Å². The number of likely N-dealkylation sites (tertiary alicyclic amines) is 1. The van der Waals surface area contributed by atoms with Gasteiger partial charge in [-0.05, 0) is 18.2 Å². The Balaban J connectivity index is 2.21. The van der Waals surface area contributed by atoms with Gasteiger partial charge in [0.2, 0.25) is 0 Å². The Morgan fingerprint density at radius 3 is 2.95 bits per heavy atom. The van der Waals surface area contributed by atoms with E-state index in [1.54, 1.807) is 0 Å². The van der Waals surface area contributed by atoms with Crippen LogP contribution in [0.15, 0.2) is 18.2 Å². The van der Waals surface area contributed by atoms with Crippen LogP contribution < -0.4 is 0 Å². The number of nitriles is 1. The molecule has 0 aliphatic carbocycles. The van der Waals surface area contributed by atoms with E-state index >= 15 is 0 Å². The zero-order valence-corrected chi connectivity index (χ0v) is 10.1. The quantitative estimate of drug-likeness (QED) is 0.840. The van der Waals surface area contributed by atoms with Gasteiger partial charge in [-0.1, -0.05) is 0 Å². The molecule has 1 aliphatic rings. The van der Waals surface area contributed by atoms with Gasteiger partial charge >= 0.3 is 5.97 Å². The third kappa shape index (κ3) is 2.89. The van der Waals surface area contributed by atoms with E-state index in [4.69, 9.17) is 10.4 Å². The molecule has 2 rings (SSSR count). The Bertz CT molecular complexity index is 541. The number of benzene rings is 1. The summed E-state index contributed by atoms with van der Waals surface area (Å²) in [5.74, 6) is -1.52. The molecule has 0 radical (unpaired) electrons. The van der Waals surface area contributed by atoms with Crippen LogP contribution in [0.1, 0.15) is 17.5 Å². The lowest BCUT2D eigenvalue weighted by atomic mass is 10.1. The van der Waals surface area contributed by atoms with Crippen molar-refractivity contribution in [3.05, 3.63) is 35.1 Å². The summed E-state index contributed by atoms with van der Waals surface area (Å²) in [6, 6.07) is 5.05. The van der Waals surface area contributed by atoms with Crippen molar-refractivity contribution in [2.75, 3.05) is 6.54 Å². The molecule has 100 valence electrons. The van der Waals surface area contributed by atoms with Gasteiger partial charge in [-0.25, -0.2) is 4.39 Å². The number of carboxylic acid groups (broad SMARTS) is 1. The predicted octanol–water partition coefficient (Wildman–Crippen LogP) is 0.717. The van der Waals surface area contributed by atoms with Crippen molar-refractivity contribution in [3.63, 3.8) is 0 Å². The van der Waals surface area contributed by atoms with E-state index in [-0.39, 0.29) is 25.1 Å². The number of carbonyl (C=O) groups is 1. The number of nitrogens with zero attached hydrogens (tertiary/aromatic N) is 2. The largest absolute Gasteiger partial charge is 0.480 e. The number of aliphatic carboxylic acids is 1. The summed E-state index contributed by atoms with van der Waals surface area (Å²) in [5, 5.41) is 27.3. The van der Waals surface area contributed by atoms with Gasteiger partial charge in [-0.15, -0.1) is 0 Å². The fraction of sp³-hybridized carbons (Fsp3) is 0.385. The van der Waals surface area contributed by atoms with Crippen LogP contribution in [0, 0.1) is 17.1 Å². The van der Waals surface area contributed by atoms with Crippen LogP contribution in [0.4, 0.5) is 4.39 Å². The Morgan fingerprint density at radius 1 is 1.58 bits per heavy atom. The molecule has 2 atom stereocenters. The minimum absolute atomic E-state index is 0.0649. The molecule has 0 aromatic heterocycles. The van der Waals surface area contributed by atoms with Crippen molar-refractivity contribution in [3.8, 4) is 6.07 Å². The fourth-order valence-electron chi connectivity index (χ4n) is 2.30. The first-order valence-corrected chi connectivity index (χ1v) is 5.84. The smallest absolute Gasteiger partial charge is 0.321 e. The van der Waals surface area contributed by atoms with Crippen molar-refractivity contribution < 1.29 is 19.4 Å². The fourth-order valence-corrected chi connectivity index (χ4v) is 2.30. The summed E-state index contributed by atoms with van der Waals surface area (Å²) < 4.78 is 13.6. The summed E-state index contributed by atoms with van der Waals surface area (Å²) in [6.07, 6.45) is -0.585. The number of rotatable bonds is 3. The van der Waals surface area contributed by atoms with Gasteiger partial charge in [0, 0.05) is 25.1 Å². The minimum Gasteiger partial charge on any atom is -0.480 e. The first kappa shape index (κ1) is 13.5. The molecule has 1 fully saturated rings. The van der Waals surface area contributed by atoms with Crippen molar-refractivity contribution in [2.24, 2.45) is 0 Å². The number of aliphatic hydroxyl groups is 1. The van der Waals surface area contributed by atoms with Crippen LogP contribution >= 0.6 is 0 Å². The average Bonchev–Trinajstić information content (AvgIpc) is 2.73. The standard InChI is InChI=1S/C13H13FN2O3/c14-11-2-1-8(5-15)3-9(11)6-16-7-10(17)4-12(16)13(18)19/h1-3,10,12,17H,4,6-7H2,(H,18,19). The molecule has 0 bridgehead atoms. The molecule has 0 saturated carbocycles. The van der Waals surface area contributed by atoms with Crippen molar-refractivity contribution in [2.45, 2.75) is 25.1 Å². The van der Waals surface area contributed by atoms with E-state index in [1.807, 2.05) is 6.07 Å². The summed E-state index contributed by atoms with van der Waals surface area (Å²) in [4.78, 5) is 12.6. The lowest BCUT2D eigenvalue weighted by molar-refractivity contribution is -0.142. The zero-order valence-electron chi connectivity index (χ0n) is 10.1. The van der Waals surface area contributed by atoms with Gasteiger partial charge < -0.3 is 10.2 Å². The first-order valence-electron chi connectivity index (χ1n) is 5.84. The van der Waals surface area contributed by atoms with Gasteiger partial charge in [-0.2, -0.15) is 5.26 Å². The topological polar surface area (TPSA) is 84.6 Å².